The molecule has 3 rings (SSSR count). The molecule has 7 nitrogen and oxygen atoms in total. The zero-order valence-electron chi connectivity index (χ0n) is 16.1. The highest BCUT2D eigenvalue weighted by Gasteiger charge is 2.27. The Kier molecular flexibility index (Phi) is 6.66. The van der Waals surface area contributed by atoms with Crippen molar-refractivity contribution in [3.63, 3.8) is 0 Å². The third-order valence-electron chi connectivity index (χ3n) is 4.61. The summed E-state index contributed by atoms with van der Waals surface area (Å²) in [4.78, 5) is 24.5. The highest BCUT2D eigenvalue weighted by molar-refractivity contribution is 7.89. The fraction of sp³-hybridized carbons (Fsp3) is 0.333. The number of sulfonamides is 1. The van der Waals surface area contributed by atoms with E-state index in [2.05, 4.69) is 0 Å². The van der Waals surface area contributed by atoms with Gasteiger partial charge in [0, 0.05) is 18.7 Å². The van der Waals surface area contributed by atoms with Crippen LogP contribution in [0.25, 0.3) is 0 Å². The minimum Gasteiger partial charge on any atom is -0.479 e. The van der Waals surface area contributed by atoms with Crippen molar-refractivity contribution in [2.75, 3.05) is 19.7 Å². The van der Waals surface area contributed by atoms with Crippen molar-refractivity contribution in [3.8, 4) is 5.75 Å². The molecule has 1 aliphatic rings. The molecule has 8 heteroatoms. The van der Waals surface area contributed by atoms with E-state index in [1.807, 2.05) is 6.07 Å². The molecule has 0 spiro atoms. The second-order valence-electron chi connectivity index (χ2n) is 6.74. The van der Waals surface area contributed by atoms with Gasteiger partial charge in [0.05, 0.1) is 4.90 Å². The van der Waals surface area contributed by atoms with Crippen molar-refractivity contribution in [1.82, 2.24) is 4.31 Å². The molecule has 0 radical (unpaired) electrons. The van der Waals surface area contributed by atoms with Crippen LogP contribution in [0.3, 0.4) is 0 Å². The highest BCUT2D eigenvalue weighted by Crippen LogP contribution is 2.21. The Morgan fingerprint density at radius 1 is 1.00 bits per heavy atom. The van der Waals surface area contributed by atoms with E-state index >= 15 is 0 Å². The molecular formula is C21H23NO6S. The summed E-state index contributed by atoms with van der Waals surface area (Å²) >= 11 is 0. The Balaban J connectivity index is 1.54. The minimum absolute atomic E-state index is 0.151. The molecule has 1 heterocycles. The summed E-state index contributed by atoms with van der Waals surface area (Å²) < 4.78 is 37.0. The standard InChI is InChI=1S/C21H23NO6S/c1-16(28-18-7-3-2-4-8-18)21(24)27-15-20(23)17-9-11-19(12-10-17)29(25,26)22-13-5-6-14-22/h2-4,7-12,16H,5-6,13-15H2,1H3/t16-/m1/s1. The number of Topliss-reactive ketones (excluding diaryl/α,β-unsaturated/α-hetero) is 1. The molecule has 0 amide bonds. The maximum absolute atomic E-state index is 12.5. The van der Waals surface area contributed by atoms with Crippen LogP contribution in [0.1, 0.15) is 30.1 Å². The van der Waals surface area contributed by atoms with E-state index in [9.17, 15) is 18.0 Å². The molecule has 0 N–H and O–H groups in total. The lowest BCUT2D eigenvalue weighted by Gasteiger charge is -2.15. The molecule has 1 aliphatic heterocycles. The zero-order chi connectivity index (χ0) is 20.9. The zero-order valence-corrected chi connectivity index (χ0v) is 16.9. The predicted octanol–water partition coefficient (Wildman–Crippen LogP) is 2.66. The number of para-hydroxylation sites is 1. The van der Waals surface area contributed by atoms with E-state index in [0.717, 1.165) is 12.8 Å². The lowest BCUT2D eigenvalue weighted by molar-refractivity contribution is -0.149. The monoisotopic (exact) mass is 417 g/mol. The Labute approximate surface area is 170 Å². The van der Waals surface area contributed by atoms with Gasteiger partial charge >= 0.3 is 5.97 Å². The molecule has 1 fully saturated rings. The normalized spacial score (nSPS) is 15.6. The Hall–Kier alpha value is -2.71. The third-order valence-corrected chi connectivity index (χ3v) is 6.53. The minimum atomic E-state index is -3.53. The van der Waals surface area contributed by atoms with Gasteiger partial charge in [0.1, 0.15) is 5.75 Å². The lowest BCUT2D eigenvalue weighted by Crippen LogP contribution is -2.28. The van der Waals surface area contributed by atoms with Crippen LogP contribution in [0.15, 0.2) is 59.5 Å². The molecule has 1 saturated heterocycles. The molecule has 0 bridgehead atoms. The van der Waals surface area contributed by atoms with Gasteiger partial charge in [0.2, 0.25) is 10.0 Å². The highest BCUT2D eigenvalue weighted by atomic mass is 32.2. The van der Waals surface area contributed by atoms with Gasteiger partial charge in [-0.25, -0.2) is 13.2 Å². The first-order chi connectivity index (χ1) is 13.9. The average Bonchev–Trinajstić information content (AvgIpc) is 3.28. The first-order valence-corrected chi connectivity index (χ1v) is 10.8. The van der Waals surface area contributed by atoms with Crippen molar-refractivity contribution in [1.29, 1.82) is 0 Å². The smallest absolute Gasteiger partial charge is 0.347 e. The summed E-state index contributed by atoms with van der Waals surface area (Å²) in [7, 11) is -3.53. The molecule has 2 aromatic carbocycles. The number of nitrogens with zero attached hydrogens (tertiary/aromatic N) is 1. The number of ether oxygens (including phenoxy) is 2. The largest absolute Gasteiger partial charge is 0.479 e. The lowest BCUT2D eigenvalue weighted by atomic mass is 10.1. The van der Waals surface area contributed by atoms with Gasteiger partial charge in [0.15, 0.2) is 18.5 Å². The molecule has 0 unspecified atom stereocenters. The maximum Gasteiger partial charge on any atom is 0.347 e. The molecule has 2 aromatic rings. The van der Waals surface area contributed by atoms with Gasteiger partial charge in [-0.05, 0) is 56.2 Å². The van der Waals surface area contributed by atoms with Crippen LogP contribution in [0.2, 0.25) is 0 Å². The van der Waals surface area contributed by atoms with E-state index in [-0.39, 0.29) is 10.5 Å². The van der Waals surface area contributed by atoms with Crippen LogP contribution in [0.4, 0.5) is 0 Å². The van der Waals surface area contributed by atoms with Crippen molar-refractivity contribution in [2.24, 2.45) is 0 Å². The fourth-order valence-electron chi connectivity index (χ4n) is 2.98. The first kappa shape index (κ1) is 21.0. The summed E-state index contributed by atoms with van der Waals surface area (Å²) in [5.41, 5.74) is 0.273. The van der Waals surface area contributed by atoms with E-state index < -0.39 is 34.5 Å². The van der Waals surface area contributed by atoms with Gasteiger partial charge in [-0.2, -0.15) is 4.31 Å². The average molecular weight is 417 g/mol. The summed E-state index contributed by atoms with van der Waals surface area (Å²) in [5, 5.41) is 0. The fourth-order valence-corrected chi connectivity index (χ4v) is 4.50. The Morgan fingerprint density at radius 3 is 2.24 bits per heavy atom. The van der Waals surface area contributed by atoms with Crippen LogP contribution < -0.4 is 4.74 Å². The summed E-state index contributed by atoms with van der Waals surface area (Å²) in [6, 6.07) is 14.5. The van der Waals surface area contributed by atoms with Crippen LogP contribution >= 0.6 is 0 Å². The number of carbonyl (C=O) groups excluding carboxylic acids is 2. The molecule has 1 atom stereocenters. The molecule has 154 valence electrons. The van der Waals surface area contributed by atoms with Gasteiger partial charge < -0.3 is 9.47 Å². The Bertz CT molecular complexity index is 950. The van der Waals surface area contributed by atoms with Crippen molar-refractivity contribution < 1.29 is 27.5 Å². The second kappa shape index (κ2) is 9.19. The van der Waals surface area contributed by atoms with E-state index in [1.54, 1.807) is 24.3 Å². The van der Waals surface area contributed by atoms with Crippen LogP contribution in [0.5, 0.6) is 5.75 Å². The van der Waals surface area contributed by atoms with Gasteiger partial charge in [-0.3, -0.25) is 4.79 Å². The number of hydrogen-bond acceptors (Lipinski definition) is 6. The second-order valence-corrected chi connectivity index (χ2v) is 8.68. The van der Waals surface area contributed by atoms with E-state index in [0.29, 0.717) is 18.8 Å². The van der Waals surface area contributed by atoms with Crippen molar-refractivity contribution >= 4 is 21.8 Å². The summed E-state index contributed by atoms with van der Waals surface area (Å²) in [5.74, 6) is -0.552. The summed E-state index contributed by atoms with van der Waals surface area (Å²) in [6.07, 6.45) is 0.847. The Morgan fingerprint density at radius 2 is 1.62 bits per heavy atom. The molecule has 0 aliphatic carbocycles. The van der Waals surface area contributed by atoms with Gasteiger partial charge in [0.25, 0.3) is 0 Å². The SMILES string of the molecule is C[C@@H](Oc1ccccc1)C(=O)OCC(=O)c1ccc(S(=O)(=O)N2CCCC2)cc1. The van der Waals surface area contributed by atoms with E-state index in [4.69, 9.17) is 9.47 Å². The quantitative estimate of drug-likeness (QED) is 0.485. The molecular weight excluding hydrogens is 394 g/mol. The van der Waals surface area contributed by atoms with Crippen molar-refractivity contribution in [3.05, 3.63) is 60.2 Å². The first-order valence-electron chi connectivity index (χ1n) is 9.39. The van der Waals surface area contributed by atoms with Gasteiger partial charge in [-0.15, -0.1) is 0 Å². The molecule has 0 aromatic heterocycles. The topological polar surface area (TPSA) is 90.0 Å². The number of carbonyl (C=O) groups is 2. The number of hydrogen-bond donors (Lipinski definition) is 0. The summed E-state index contributed by atoms with van der Waals surface area (Å²) in [6.45, 7) is 2.13. The van der Waals surface area contributed by atoms with Crippen LogP contribution in [-0.2, 0) is 19.6 Å². The van der Waals surface area contributed by atoms with Crippen molar-refractivity contribution in [2.45, 2.75) is 30.8 Å². The number of esters is 1. The maximum atomic E-state index is 12.5. The molecule has 29 heavy (non-hydrogen) atoms. The number of benzene rings is 2. The third kappa shape index (κ3) is 5.21. The number of ketones is 1. The van der Waals surface area contributed by atoms with Gasteiger partial charge in [-0.1, -0.05) is 18.2 Å². The predicted molar refractivity (Wildman–Crippen MR) is 106 cm³/mol. The van der Waals surface area contributed by atoms with Crippen LogP contribution in [0, 0.1) is 0 Å². The van der Waals surface area contributed by atoms with Crippen LogP contribution in [-0.4, -0.2) is 50.3 Å². The van der Waals surface area contributed by atoms with E-state index in [1.165, 1.54) is 35.5 Å². The molecule has 0 saturated carbocycles. The number of rotatable bonds is 8.